The quantitative estimate of drug-likeness (QED) is 0.609. The summed E-state index contributed by atoms with van der Waals surface area (Å²) in [6.07, 6.45) is 3.59. The molecule has 4 aliphatic rings. The zero-order valence-corrected chi connectivity index (χ0v) is 19.0. The van der Waals surface area contributed by atoms with Crippen molar-refractivity contribution < 1.29 is 23.8 Å². The van der Waals surface area contributed by atoms with Gasteiger partial charge in [-0.2, -0.15) is 0 Å². The molecule has 10 heteroatoms. The Morgan fingerprint density at radius 2 is 1.94 bits per heavy atom. The fourth-order valence-electron chi connectivity index (χ4n) is 4.39. The third-order valence-electron chi connectivity index (χ3n) is 6.18. The highest BCUT2D eigenvalue weighted by molar-refractivity contribution is 7.80. The van der Waals surface area contributed by atoms with Crippen molar-refractivity contribution in [1.82, 2.24) is 9.80 Å². The zero-order valence-electron chi connectivity index (χ0n) is 18.2. The number of piperazine rings is 1. The summed E-state index contributed by atoms with van der Waals surface area (Å²) >= 11 is 5.35. The van der Waals surface area contributed by atoms with E-state index in [1.165, 1.54) is 4.90 Å². The third kappa shape index (κ3) is 4.06. The molecule has 0 saturated carbocycles. The lowest BCUT2D eigenvalue weighted by Crippen LogP contribution is -2.50. The number of carbonyl (C=O) groups is 2. The van der Waals surface area contributed by atoms with Crippen LogP contribution in [0.5, 0.6) is 5.75 Å². The number of aliphatic imine (C=N–C) groups is 1. The van der Waals surface area contributed by atoms with E-state index in [0.29, 0.717) is 43.4 Å². The van der Waals surface area contributed by atoms with Gasteiger partial charge in [0, 0.05) is 45.2 Å². The van der Waals surface area contributed by atoms with Gasteiger partial charge in [-0.25, -0.2) is 4.99 Å². The Morgan fingerprint density at radius 1 is 1.18 bits per heavy atom. The minimum atomic E-state index is -0.573. The van der Waals surface area contributed by atoms with Crippen molar-refractivity contribution in [3.05, 3.63) is 47.9 Å². The summed E-state index contributed by atoms with van der Waals surface area (Å²) in [6.45, 7) is 2.97. The van der Waals surface area contributed by atoms with Crippen molar-refractivity contribution in [2.24, 2.45) is 10.9 Å². The van der Waals surface area contributed by atoms with Crippen LogP contribution in [0, 0.1) is 5.92 Å². The van der Waals surface area contributed by atoms with Crippen LogP contribution in [-0.2, 0) is 19.1 Å². The highest BCUT2D eigenvalue weighted by Gasteiger charge is 2.38. The fraction of sp³-hybridized carbons (Fsp3) is 0.391. The summed E-state index contributed by atoms with van der Waals surface area (Å²) in [5, 5.41) is 0.174. The molecule has 1 aromatic carbocycles. The van der Waals surface area contributed by atoms with Crippen LogP contribution in [0.1, 0.15) is 6.42 Å². The van der Waals surface area contributed by atoms with Crippen LogP contribution >= 0.6 is 12.2 Å². The molecule has 33 heavy (non-hydrogen) atoms. The molecule has 3 heterocycles. The van der Waals surface area contributed by atoms with Crippen LogP contribution in [0.3, 0.4) is 0 Å². The lowest BCUT2D eigenvalue weighted by Gasteiger charge is -2.37. The van der Waals surface area contributed by atoms with Gasteiger partial charge in [-0.1, -0.05) is 12.1 Å². The van der Waals surface area contributed by atoms with Crippen LogP contribution in [0.25, 0.3) is 0 Å². The molecule has 3 aliphatic heterocycles. The topological polar surface area (TPSA) is 83.9 Å². The minimum absolute atomic E-state index is 0.00300. The van der Waals surface area contributed by atoms with E-state index in [2.05, 4.69) is 9.89 Å². The molecule has 2 amide bonds. The number of anilines is 1. The highest BCUT2D eigenvalue weighted by Crippen LogP contribution is 2.31. The molecule has 5 rings (SSSR count). The van der Waals surface area contributed by atoms with Crippen molar-refractivity contribution in [2.75, 3.05) is 51.5 Å². The van der Waals surface area contributed by atoms with Gasteiger partial charge in [-0.05, 0) is 30.4 Å². The maximum absolute atomic E-state index is 13.1. The monoisotopic (exact) mass is 468 g/mol. The number of ether oxygens (including phenoxy) is 3. The first-order valence-corrected chi connectivity index (χ1v) is 11.2. The molecular weight excluding hydrogens is 444 g/mol. The molecule has 0 radical (unpaired) electrons. The van der Waals surface area contributed by atoms with Crippen molar-refractivity contribution in [1.29, 1.82) is 0 Å². The molecule has 1 unspecified atom stereocenters. The van der Waals surface area contributed by atoms with Gasteiger partial charge in [0.1, 0.15) is 11.7 Å². The van der Waals surface area contributed by atoms with Gasteiger partial charge in [0.2, 0.25) is 23.7 Å². The largest absolute Gasteiger partial charge is 0.495 e. The molecule has 2 fully saturated rings. The average molecular weight is 469 g/mol. The van der Waals surface area contributed by atoms with Gasteiger partial charge in [0.15, 0.2) is 11.5 Å². The van der Waals surface area contributed by atoms with Crippen molar-refractivity contribution in [3.63, 3.8) is 0 Å². The number of allylic oxidation sites excluding steroid dienone is 1. The number of para-hydroxylation sites is 2. The van der Waals surface area contributed by atoms with Crippen LogP contribution in [0.15, 0.2) is 52.9 Å². The molecule has 0 aromatic heterocycles. The summed E-state index contributed by atoms with van der Waals surface area (Å²) in [6, 6.07) is 7.88. The first-order valence-electron chi connectivity index (χ1n) is 10.8. The van der Waals surface area contributed by atoms with Gasteiger partial charge in [-0.3, -0.25) is 14.5 Å². The summed E-state index contributed by atoms with van der Waals surface area (Å²) in [5.41, 5.74) is 1.57. The summed E-state index contributed by atoms with van der Waals surface area (Å²) in [5.74, 6) is 1.16. The lowest BCUT2D eigenvalue weighted by molar-refractivity contribution is -0.133. The van der Waals surface area contributed by atoms with Crippen molar-refractivity contribution in [3.8, 4) is 5.75 Å². The first-order chi connectivity index (χ1) is 16.0. The molecule has 1 atom stereocenters. The van der Waals surface area contributed by atoms with E-state index in [1.807, 2.05) is 29.2 Å². The van der Waals surface area contributed by atoms with Gasteiger partial charge >= 0.3 is 0 Å². The summed E-state index contributed by atoms with van der Waals surface area (Å²) in [4.78, 5) is 35.8. The molecule has 0 spiro atoms. The maximum atomic E-state index is 13.1. The maximum Gasteiger partial charge on any atom is 0.241 e. The Morgan fingerprint density at radius 3 is 2.73 bits per heavy atom. The number of nitrogens with zero attached hydrogens (tertiary/aromatic N) is 4. The number of fused-ring (bicyclic) bond motifs is 2. The Kier molecular flexibility index (Phi) is 5.76. The number of hydrogen-bond acceptors (Lipinski definition) is 7. The molecule has 1 aliphatic carbocycles. The van der Waals surface area contributed by atoms with E-state index in [0.717, 1.165) is 11.4 Å². The summed E-state index contributed by atoms with van der Waals surface area (Å²) < 4.78 is 16.2. The molecule has 2 saturated heterocycles. The van der Waals surface area contributed by atoms with Crippen molar-refractivity contribution in [2.45, 2.75) is 6.42 Å². The SMILES string of the molecule is COc1ccccc1N1CCN(C(=O)CCN2C(=O)C3C=C4OCOC4=CC3=NC2=S)CC1. The van der Waals surface area contributed by atoms with Gasteiger partial charge in [-0.15, -0.1) is 0 Å². The Labute approximate surface area is 196 Å². The van der Waals surface area contributed by atoms with Gasteiger partial charge < -0.3 is 24.0 Å². The Bertz CT molecular complexity index is 1090. The average Bonchev–Trinajstić information content (AvgIpc) is 3.30. The fourth-order valence-corrected chi connectivity index (χ4v) is 4.68. The van der Waals surface area contributed by atoms with Crippen LogP contribution in [-0.4, -0.2) is 79.1 Å². The second kappa shape index (κ2) is 8.86. The van der Waals surface area contributed by atoms with Crippen LogP contribution < -0.4 is 9.64 Å². The van der Waals surface area contributed by atoms with E-state index >= 15 is 0 Å². The predicted molar refractivity (Wildman–Crippen MR) is 125 cm³/mol. The van der Waals surface area contributed by atoms with E-state index in [1.54, 1.807) is 19.3 Å². The van der Waals surface area contributed by atoms with E-state index in [4.69, 9.17) is 26.4 Å². The van der Waals surface area contributed by atoms with Gasteiger partial charge in [0.05, 0.1) is 18.5 Å². The first kappa shape index (κ1) is 21.4. The standard InChI is InChI=1S/C23H24N4O5S/c1-30-18-5-3-2-4-17(18)25-8-10-26(11-9-25)21(28)6-7-27-22(29)15-12-19-20(32-14-31-19)13-16(15)24-23(27)33/h2-5,12-13,15H,6-11,14H2,1H3. The van der Waals surface area contributed by atoms with E-state index in [9.17, 15) is 9.59 Å². The van der Waals surface area contributed by atoms with Crippen LogP contribution in [0.4, 0.5) is 5.69 Å². The normalized spacial score (nSPS) is 21.9. The number of benzene rings is 1. The molecule has 172 valence electrons. The second-order valence-electron chi connectivity index (χ2n) is 8.02. The molecule has 9 nitrogen and oxygen atoms in total. The molecule has 1 aromatic rings. The zero-order chi connectivity index (χ0) is 22.9. The van der Waals surface area contributed by atoms with Crippen molar-refractivity contribution >= 4 is 40.5 Å². The van der Waals surface area contributed by atoms with E-state index < -0.39 is 5.92 Å². The number of rotatable bonds is 5. The minimum Gasteiger partial charge on any atom is -0.495 e. The summed E-state index contributed by atoms with van der Waals surface area (Å²) in [7, 11) is 1.66. The molecular formula is C23H24N4O5S. The highest BCUT2D eigenvalue weighted by atomic mass is 32.1. The number of amides is 2. The number of thiocarbonyl (C=S) groups is 1. The molecule has 0 N–H and O–H groups in total. The second-order valence-corrected chi connectivity index (χ2v) is 8.39. The Balaban J connectivity index is 1.18. The number of hydrogen-bond donors (Lipinski definition) is 0. The number of methoxy groups -OCH3 is 1. The third-order valence-corrected chi connectivity index (χ3v) is 6.49. The lowest BCUT2D eigenvalue weighted by atomic mass is 9.94. The Hall–Kier alpha value is -3.40. The molecule has 0 bridgehead atoms. The van der Waals surface area contributed by atoms with Crippen LogP contribution in [0.2, 0.25) is 0 Å². The number of carbonyl (C=O) groups excluding carboxylic acids is 2. The smallest absolute Gasteiger partial charge is 0.241 e. The predicted octanol–water partition coefficient (Wildman–Crippen LogP) is 1.70. The van der Waals surface area contributed by atoms with E-state index in [-0.39, 0.29) is 36.7 Å². The van der Waals surface area contributed by atoms with Gasteiger partial charge in [0.25, 0.3) is 0 Å².